The van der Waals surface area contributed by atoms with Gasteiger partial charge in [0.15, 0.2) is 0 Å². The van der Waals surface area contributed by atoms with Crippen LogP contribution in [-0.4, -0.2) is 22.9 Å². The van der Waals surface area contributed by atoms with Gasteiger partial charge in [-0.2, -0.15) is 0 Å². The van der Waals surface area contributed by atoms with Crippen LogP contribution in [0.25, 0.3) is 0 Å². The van der Waals surface area contributed by atoms with E-state index in [0.717, 1.165) is 38.5 Å². The van der Waals surface area contributed by atoms with Crippen molar-refractivity contribution in [1.29, 1.82) is 0 Å². The highest BCUT2D eigenvalue weighted by Crippen LogP contribution is 2.04. The number of rotatable bonds is 6. The molecule has 0 aliphatic heterocycles. The quantitative estimate of drug-likeness (QED) is 0.533. The first-order chi connectivity index (χ1) is 7.81. The van der Waals surface area contributed by atoms with E-state index in [0.29, 0.717) is 6.42 Å². The highest BCUT2D eigenvalue weighted by atomic mass is 16.3. The summed E-state index contributed by atoms with van der Waals surface area (Å²) < 4.78 is 0. The second kappa shape index (κ2) is 12.1. The molecular weight excluding hydrogens is 200 g/mol. The first-order valence-corrected chi connectivity index (χ1v) is 6.04. The van der Waals surface area contributed by atoms with E-state index in [1.165, 1.54) is 0 Å². The Bertz CT molecular complexity index is 262. The van der Waals surface area contributed by atoms with Crippen molar-refractivity contribution in [3.63, 3.8) is 0 Å². The molecule has 0 aliphatic rings. The van der Waals surface area contributed by atoms with Crippen molar-refractivity contribution in [2.45, 2.75) is 58.0 Å². The standard InChI is InChI=1S/C14H22O2/c1-2-14(16)12-10-8-6-4-3-5-7-9-11-13-15/h14-16H,2-8,13H2,1H3. The van der Waals surface area contributed by atoms with Crippen molar-refractivity contribution in [1.82, 2.24) is 0 Å². The van der Waals surface area contributed by atoms with Crippen molar-refractivity contribution in [3.05, 3.63) is 0 Å². The highest BCUT2D eigenvalue weighted by molar-refractivity contribution is 5.03. The first-order valence-electron chi connectivity index (χ1n) is 6.04. The zero-order valence-electron chi connectivity index (χ0n) is 10.1. The Morgan fingerprint density at radius 1 is 0.938 bits per heavy atom. The molecule has 0 amide bonds. The number of aliphatic hydroxyl groups is 2. The predicted octanol–water partition coefficient (Wildman–Crippen LogP) is 2.10. The largest absolute Gasteiger partial charge is 0.384 e. The van der Waals surface area contributed by atoms with E-state index in [9.17, 15) is 5.11 Å². The van der Waals surface area contributed by atoms with E-state index in [1.807, 2.05) is 6.92 Å². The second-order valence-corrected chi connectivity index (χ2v) is 3.67. The average Bonchev–Trinajstić information content (AvgIpc) is 2.31. The highest BCUT2D eigenvalue weighted by Gasteiger charge is 1.91. The van der Waals surface area contributed by atoms with Gasteiger partial charge in [0, 0.05) is 12.8 Å². The van der Waals surface area contributed by atoms with Crippen LogP contribution in [0.4, 0.5) is 0 Å². The molecule has 0 spiro atoms. The summed E-state index contributed by atoms with van der Waals surface area (Å²) in [6.07, 6.45) is 6.52. The van der Waals surface area contributed by atoms with E-state index in [1.54, 1.807) is 0 Å². The molecule has 0 fully saturated rings. The Hall–Kier alpha value is -0.960. The van der Waals surface area contributed by atoms with Crippen molar-refractivity contribution in [2.24, 2.45) is 0 Å². The molecule has 0 heterocycles. The van der Waals surface area contributed by atoms with E-state index in [4.69, 9.17) is 5.11 Å². The Morgan fingerprint density at radius 3 is 2.12 bits per heavy atom. The molecule has 0 saturated heterocycles. The maximum atomic E-state index is 9.17. The third kappa shape index (κ3) is 11.1. The third-order valence-electron chi connectivity index (χ3n) is 2.21. The van der Waals surface area contributed by atoms with Gasteiger partial charge in [-0.25, -0.2) is 0 Å². The summed E-state index contributed by atoms with van der Waals surface area (Å²) >= 11 is 0. The van der Waals surface area contributed by atoms with Crippen molar-refractivity contribution < 1.29 is 10.2 Å². The SMILES string of the molecule is CCC(O)C#CCCCCCCC#CCO. The summed E-state index contributed by atoms with van der Waals surface area (Å²) in [6.45, 7) is 1.89. The monoisotopic (exact) mass is 222 g/mol. The molecule has 0 radical (unpaired) electrons. The predicted molar refractivity (Wildman–Crippen MR) is 66.6 cm³/mol. The fourth-order valence-electron chi connectivity index (χ4n) is 1.22. The summed E-state index contributed by atoms with van der Waals surface area (Å²) in [4.78, 5) is 0. The normalized spacial score (nSPS) is 10.9. The van der Waals surface area contributed by atoms with Crippen LogP contribution < -0.4 is 0 Å². The lowest BCUT2D eigenvalue weighted by Crippen LogP contribution is -1.98. The summed E-state index contributed by atoms with van der Waals surface area (Å²) in [5, 5.41) is 17.6. The molecule has 90 valence electrons. The lowest BCUT2D eigenvalue weighted by molar-refractivity contribution is 0.228. The van der Waals surface area contributed by atoms with E-state index in [2.05, 4.69) is 23.7 Å². The van der Waals surface area contributed by atoms with Gasteiger partial charge >= 0.3 is 0 Å². The molecule has 0 aromatic rings. The maximum absolute atomic E-state index is 9.17. The lowest BCUT2D eigenvalue weighted by Gasteiger charge is -1.96. The number of hydrogen-bond donors (Lipinski definition) is 2. The van der Waals surface area contributed by atoms with Crippen molar-refractivity contribution in [2.75, 3.05) is 6.61 Å². The minimum atomic E-state index is -0.450. The van der Waals surface area contributed by atoms with Crippen LogP contribution in [0.1, 0.15) is 51.9 Å². The summed E-state index contributed by atoms with van der Waals surface area (Å²) in [5.74, 6) is 11.3. The van der Waals surface area contributed by atoms with Crippen LogP contribution >= 0.6 is 0 Å². The molecule has 2 nitrogen and oxygen atoms in total. The second-order valence-electron chi connectivity index (χ2n) is 3.67. The molecule has 0 aliphatic carbocycles. The molecule has 0 aromatic carbocycles. The Morgan fingerprint density at radius 2 is 1.56 bits per heavy atom. The van der Waals surface area contributed by atoms with E-state index in [-0.39, 0.29) is 6.61 Å². The number of hydrogen-bond acceptors (Lipinski definition) is 2. The molecule has 1 unspecified atom stereocenters. The molecule has 0 saturated carbocycles. The summed E-state index contributed by atoms with van der Waals surface area (Å²) in [5.41, 5.74) is 0. The zero-order valence-corrected chi connectivity index (χ0v) is 10.1. The van der Waals surface area contributed by atoms with E-state index >= 15 is 0 Å². The molecule has 0 rings (SSSR count). The molecule has 16 heavy (non-hydrogen) atoms. The molecule has 2 N–H and O–H groups in total. The van der Waals surface area contributed by atoms with Crippen molar-refractivity contribution >= 4 is 0 Å². The van der Waals surface area contributed by atoms with Gasteiger partial charge in [-0.3, -0.25) is 0 Å². The van der Waals surface area contributed by atoms with Gasteiger partial charge in [-0.1, -0.05) is 31.6 Å². The van der Waals surface area contributed by atoms with Gasteiger partial charge in [0.05, 0.1) is 0 Å². The fraction of sp³-hybridized carbons (Fsp3) is 0.714. The van der Waals surface area contributed by atoms with E-state index < -0.39 is 6.10 Å². The van der Waals surface area contributed by atoms with Gasteiger partial charge in [0.2, 0.25) is 0 Å². The number of unbranched alkanes of at least 4 members (excludes halogenated alkanes) is 5. The Balaban J connectivity index is 3.23. The lowest BCUT2D eigenvalue weighted by atomic mass is 10.1. The minimum absolute atomic E-state index is 0.0324. The minimum Gasteiger partial charge on any atom is -0.384 e. The summed E-state index contributed by atoms with van der Waals surface area (Å²) in [6, 6.07) is 0. The molecule has 2 heteroatoms. The van der Waals surface area contributed by atoms with Gasteiger partial charge < -0.3 is 10.2 Å². The smallest absolute Gasteiger partial charge is 0.114 e. The van der Waals surface area contributed by atoms with Gasteiger partial charge in [-0.15, -0.1) is 11.8 Å². The third-order valence-corrected chi connectivity index (χ3v) is 2.21. The number of aliphatic hydroxyl groups excluding tert-OH is 2. The molecule has 0 bridgehead atoms. The van der Waals surface area contributed by atoms with Gasteiger partial charge in [0.1, 0.15) is 12.7 Å². The molecule has 1 atom stereocenters. The van der Waals surface area contributed by atoms with Crippen LogP contribution in [-0.2, 0) is 0 Å². The Labute approximate surface area is 99.1 Å². The first kappa shape index (κ1) is 15.0. The van der Waals surface area contributed by atoms with Crippen LogP contribution in [0.15, 0.2) is 0 Å². The van der Waals surface area contributed by atoms with Crippen molar-refractivity contribution in [3.8, 4) is 23.7 Å². The topological polar surface area (TPSA) is 40.5 Å². The zero-order chi connectivity index (χ0) is 12.1. The van der Waals surface area contributed by atoms with Crippen LogP contribution in [0, 0.1) is 23.7 Å². The average molecular weight is 222 g/mol. The van der Waals surface area contributed by atoms with Crippen LogP contribution in [0.2, 0.25) is 0 Å². The van der Waals surface area contributed by atoms with Crippen LogP contribution in [0.3, 0.4) is 0 Å². The fourth-order valence-corrected chi connectivity index (χ4v) is 1.22. The van der Waals surface area contributed by atoms with Gasteiger partial charge in [0.25, 0.3) is 0 Å². The van der Waals surface area contributed by atoms with Gasteiger partial charge in [-0.05, 0) is 19.3 Å². The molecule has 0 aromatic heterocycles. The molecular formula is C14H22O2. The Kier molecular flexibility index (Phi) is 11.4. The summed E-state index contributed by atoms with van der Waals surface area (Å²) in [7, 11) is 0. The maximum Gasteiger partial charge on any atom is 0.114 e. The van der Waals surface area contributed by atoms with Crippen LogP contribution in [0.5, 0.6) is 0 Å².